The lowest BCUT2D eigenvalue weighted by Crippen LogP contribution is -2.23. The maximum absolute atomic E-state index is 12.3. The molecule has 24 heavy (non-hydrogen) atoms. The van der Waals surface area contributed by atoms with Crippen LogP contribution in [0.2, 0.25) is 0 Å². The quantitative estimate of drug-likeness (QED) is 0.842. The number of halogens is 2. The third-order valence-electron chi connectivity index (χ3n) is 3.45. The second-order valence-electron chi connectivity index (χ2n) is 5.02. The van der Waals surface area contributed by atoms with Crippen LogP contribution in [0.3, 0.4) is 0 Å². The monoisotopic (exact) mass is 339 g/mol. The molecule has 0 fully saturated rings. The summed E-state index contributed by atoms with van der Waals surface area (Å²) >= 11 is 0. The fraction of sp³-hybridized carbons (Fsp3) is 0.375. The van der Waals surface area contributed by atoms with Crippen molar-refractivity contribution in [2.75, 3.05) is 7.11 Å². The largest absolute Gasteiger partial charge is 0.493 e. The van der Waals surface area contributed by atoms with Crippen LogP contribution in [0.25, 0.3) is 0 Å². The van der Waals surface area contributed by atoms with Crippen LogP contribution >= 0.6 is 0 Å². The van der Waals surface area contributed by atoms with Gasteiger partial charge in [0.2, 0.25) is 0 Å². The molecular weight excluding hydrogens is 320 g/mol. The van der Waals surface area contributed by atoms with Gasteiger partial charge in [-0.2, -0.15) is 13.9 Å². The second kappa shape index (κ2) is 7.76. The van der Waals surface area contributed by atoms with Crippen LogP contribution in [0.5, 0.6) is 11.5 Å². The van der Waals surface area contributed by atoms with Gasteiger partial charge in [-0.15, -0.1) is 0 Å². The van der Waals surface area contributed by atoms with Crippen molar-refractivity contribution in [2.45, 2.75) is 33.5 Å². The van der Waals surface area contributed by atoms with Gasteiger partial charge in [-0.05, 0) is 32.0 Å². The number of hydrogen-bond acceptors (Lipinski definition) is 4. The number of nitrogens with one attached hydrogen (secondary N) is 1. The first-order valence-electron chi connectivity index (χ1n) is 7.38. The summed E-state index contributed by atoms with van der Waals surface area (Å²) in [5.74, 6) is -0.400. The van der Waals surface area contributed by atoms with Gasteiger partial charge in [-0.3, -0.25) is 9.48 Å². The Morgan fingerprint density at radius 1 is 1.38 bits per heavy atom. The molecule has 0 radical (unpaired) electrons. The number of alkyl halides is 2. The maximum atomic E-state index is 12.3. The van der Waals surface area contributed by atoms with Crippen LogP contribution in [0, 0.1) is 6.92 Å². The summed E-state index contributed by atoms with van der Waals surface area (Å²) in [6, 6.07) is 4.04. The average Bonchev–Trinajstić information content (AvgIpc) is 2.92. The third kappa shape index (κ3) is 4.21. The maximum Gasteiger partial charge on any atom is 0.387 e. The number of rotatable bonds is 7. The van der Waals surface area contributed by atoms with Crippen molar-refractivity contribution in [3.05, 3.63) is 41.2 Å². The van der Waals surface area contributed by atoms with Crippen molar-refractivity contribution < 1.29 is 23.0 Å². The smallest absolute Gasteiger partial charge is 0.387 e. The molecule has 0 saturated carbocycles. The average molecular weight is 339 g/mol. The first-order valence-corrected chi connectivity index (χ1v) is 7.38. The summed E-state index contributed by atoms with van der Waals surface area (Å²) in [5.41, 5.74) is 2.04. The highest BCUT2D eigenvalue weighted by Gasteiger charge is 2.14. The van der Waals surface area contributed by atoms with E-state index in [1.807, 2.05) is 20.0 Å². The van der Waals surface area contributed by atoms with Gasteiger partial charge in [0.1, 0.15) is 0 Å². The highest BCUT2D eigenvalue weighted by molar-refractivity contribution is 5.94. The van der Waals surface area contributed by atoms with E-state index < -0.39 is 6.61 Å². The Kier molecular flexibility index (Phi) is 5.73. The number of nitrogens with zero attached hydrogens (tertiary/aromatic N) is 2. The van der Waals surface area contributed by atoms with Crippen molar-refractivity contribution in [1.29, 1.82) is 0 Å². The number of hydrogen-bond donors (Lipinski definition) is 1. The predicted octanol–water partition coefficient (Wildman–Crippen LogP) is 2.75. The second-order valence-corrected chi connectivity index (χ2v) is 5.02. The number of aryl methyl sites for hydroxylation is 2. The minimum absolute atomic E-state index is 0.0675. The standard InChI is InChI=1S/C16H19F2N3O3/c1-4-21-9-12(10(2)20-21)8-19-15(22)11-5-6-13(24-16(17)18)14(7-11)23-3/h5-7,9,16H,4,8H2,1-3H3,(H,19,22). The highest BCUT2D eigenvalue weighted by atomic mass is 19.3. The zero-order valence-corrected chi connectivity index (χ0v) is 13.7. The van der Waals surface area contributed by atoms with Gasteiger partial charge in [-0.25, -0.2) is 0 Å². The number of carbonyl (C=O) groups excluding carboxylic acids is 1. The van der Waals surface area contributed by atoms with Crippen LogP contribution in [0.4, 0.5) is 8.78 Å². The van der Waals surface area contributed by atoms with E-state index in [1.165, 1.54) is 25.3 Å². The molecular formula is C16H19F2N3O3. The van der Waals surface area contributed by atoms with E-state index in [9.17, 15) is 13.6 Å². The number of carbonyl (C=O) groups is 1. The Morgan fingerprint density at radius 2 is 2.12 bits per heavy atom. The summed E-state index contributed by atoms with van der Waals surface area (Å²) in [4.78, 5) is 12.2. The van der Waals surface area contributed by atoms with Crippen LogP contribution in [0.15, 0.2) is 24.4 Å². The number of methoxy groups -OCH3 is 1. The summed E-state index contributed by atoms with van der Waals surface area (Å²) in [5, 5.41) is 7.07. The van der Waals surface area contributed by atoms with Gasteiger partial charge in [-0.1, -0.05) is 0 Å². The molecule has 0 atom stereocenters. The van der Waals surface area contributed by atoms with Gasteiger partial charge in [0, 0.05) is 30.4 Å². The Morgan fingerprint density at radius 3 is 2.71 bits per heavy atom. The summed E-state index contributed by atoms with van der Waals surface area (Å²) in [6.45, 7) is 1.95. The van der Waals surface area contributed by atoms with E-state index in [0.29, 0.717) is 6.54 Å². The van der Waals surface area contributed by atoms with Crippen molar-refractivity contribution in [3.8, 4) is 11.5 Å². The van der Waals surface area contributed by atoms with Crippen LogP contribution < -0.4 is 14.8 Å². The van der Waals surface area contributed by atoms with Crippen molar-refractivity contribution >= 4 is 5.91 Å². The topological polar surface area (TPSA) is 65.4 Å². The summed E-state index contributed by atoms with van der Waals surface area (Å²) in [7, 11) is 1.32. The van der Waals surface area contributed by atoms with Crippen molar-refractivity contribution in [1.82, 2.24) is 15.1 Å². The SMILES string of the molecule is CCn1cc(CNC(=O)c2ccc(OC(F)F)c(OC)c2)c(C)n1. The molecule has 0 aliphatic carbocycles. The van der Waals surface area contributed by atoms with E-state index in [2.05, 4.69) is 15.2 Å². The Hall–Kier alpha value is -2.64. The van der Waals surface area contributed by atoms with E-state index >= 15 is 0 Å². The fourth-order valence-electron chi connectivity index (χ4n) is 2.17. The Bertz CT molecular complexity index is 717. The first-order chi connectivity index (χ1) is 11.4. The third-order valence-corrected chi connectivity index (χ3v) is 3.45. The molecule has 1 aromatic heterocycles. The highest BCUT2D eigenvalue weighted by Crippen LogP contribution is 2.29. The number of benzene rings is 1. The zero-order chi connectivity index (χ0) is 17.7. The molecule has 1 amide bonds. The van der Waals surface area contributed by atoms with E-state index in [-0.39, 0.29) is 23.0 Å². The fourth-order valence-corrected chi connectivity index (χ4v) is 2.17. The van der Waals surface area contributed by atoms with E-state index in [0.717, 1.165) is 17.8 Å². The molecule has 2 rings (SSSR count). The number of amides is 1. The lowest BCUT2D eigenvalue weighted by Gasteiger charge is -2.11. The van der Waals surface area contributed by atoms with Crippen molar-refractivity contribution in [2.24, 2.45) is 0 Å². The lowest BCUT2D eigenvalue weighted by atomic mass is 10.2. The molecule has 6 nitrogen and oxygen atoms in total. The van der Waals surface area contributed by atoms with Gasteiger partial charge < -0.3 is 14.8 Å². The van der Waals surface area contributed by atoms with E-state index in [1.54, 1.807) is 4.68 Å². The molecule has 0 aliphatic rings. The van der Waals surface area contributed by atoms with Crippen LogP contribution in [-0.4, -0.2) is 29.4 Å². The Balaban J connectivity index is 2.07. The van der Waals surface area contributed by atoms with Crippen LogP contribution in [-0.2, 0) is 13.1 Å². The minimum atomic E-state index is -2.96. The van der Waals surface area contributed by atoms with Gasteiger partial charge in [0.05, 0.1) is 12.8 Å². The Labute approximate surface area is 138 Å². The molecule has 1 N–H and O–H groups in total. The summed E-state index contributed by atoms with van der Waals surface area (Å²) < 4.78 is 35.7. The normalized spacial score (nSPS) is 10.8. The molecule has 0 spiro atoms. The van der Waals surface area contributed by atoms with Gasteiger partial charge in [0.25, 0.3) is 5.91 Å². The number of ether oxygens (including phenoxy) is 2. The minimum Gasteiger partial charge on any atom is -0.493 e. The predicted molar refractivity (Wildman–Crippen MR) is 83.4 cm³/mol. The molecule has 1 aromatic carbocycles. The van der Waals surface area contributed by atoms with Crippen LogP contribution in [0.1, 0.15) is 28.5 Å². The van der Waals surface area contributed by atoms with Gasteiger partial charge in [0.15, 0.2) is 11.5 Å². The molecule has 0 bridgehead atoms. The number of aromatic nitrogens is 2. The molecule has 0 saturated heterocycles. The molecule has 1 heterocycles. The zero-order valence-electron chi connectivity index (χ0n) is 13.7. The lowest BCUT2D eigenvalue weighted by molar-refractivity contribution is -0.0512. The molecule has 0 aliphatic heterocycles. The molecule has 0 unspecified atom stereocenters. The molecule has 130 valence electrons. The molecule has 2 aromatic rings. The molecule has 8 heteroatoms. The van der Waals surface area contributed by atoms with Crippen molar-refractivity contribution in [3.63, 3.8) is 0 Å². The first kappa shape index (κ1) is 17.7. The van der Waals surface area contributed by atoms with E-state index in [4.69, 9.17) is 4.74 Å². The summed E-state index contributed by atoms with van der Waals surface area (Å²) in [6.07, 6.45) is 1.87. The van der Waals surface area contributed by atoms with Gasteiger partial charge >= 0.3 is 6.61 Å².